The Balaban J connectivity index is 1.34. The van der Waals surface area contributed by atoms with Gasteiger partial charge in [0.25, 0.3) is 5.91 Å². The smallest absolute Gasteiger partial charge is 0.258 e. The number of nitrogens with one attached hydrogen (secondary N) is 1. The number of anilines is 1. The van der Waals surface area contributed by atoms with Crippen LogP contribution < -0.4 is 10.1 Å². The molecule has 178 valence electrons. The minimum atomic E-state index is -0.616. The number of amides is 1. The maximum Gasteiger partial charge on any atom is 0.258 e. The zero-order valence-corrected chi connectivity index (χ0v) is 19.0. The van der Waals surface area contributed by atoms with Gasteiger partial charge in [0, 0.05) is 12.1 Å². The molecule has 6 rings (SSSR count). The summed E-state index contributed by atoms with van der Waals surface area (Å²) in [6.07, 6.45) is 7.44. The Morgan fingerprint density at radius 1 is 1.29 bits per heavy atom. The number of aromatic nitrogens is 5. The zero-order valence-electron chi connectivity index (χ0n) is 19.0. The van der Waals surface area contributed by atoms with Crippen molar-refractivity contribution in [2.45, 2.75) is 31.7 Å². The summed E-state index contributed by atoms with van der Waals surface area (Å²) in [6, 6.07) is 7.76. The van der Waals surface area contributed by atoms with Gasteiger partial charge in [0.15, 0.2) is 11.6 Å². The third kappa shape index (κ3) is 3.75. The Labute approximate surface area is 200 Å². The van der Waals surface area contributed by atoms with E-state index < -0.39 is 11.7 Å². The predicted molar refractivity (Wildman–Crippen MR) is 125 cm³/mol. The zero-order chi connectivity index (χ0) is 24.1. The van der Waals surface area contributed by atoms with Gasteiger partial charge in [-0.3, -0.25) is 4.79 Å². The Morgan fingerprint density at radius 3 is 2.94 bits per heavy atom. The first kappa shape index (κ1) is 21.5. The molecule has 0 saturated heterocycles. The van der Waals surface area contributed by atoms with Crippen molar-refractivity contribution < 1.29 is 19.0 Å². The average Bonchev–Trinajstić information content (AvgIpc) is 3.43. The van der Waals surface area contributed by atoms with E-state index in [9.17, 15) is 14.3 Å². The van der Waals surface area contributed by atoms with Crippen LogP contribution in [0.3, 0.4) is 0 Å². The van der Waals surface area contributed by atoms with Crippen molar-refractivity contribution in [3.05, 3.63) is 71.8 Å². The molecule has 1 aliphatic carbocycles. The topological polar surface area (TPSA) is 107 Å². The molecule has 3 heterocycles. The number of benzene rings is 2. The quantitative estimate of drug-likeness (QED) is 0.457. The monoisotopic (exact) mass is 474 g/mol. The number of hydrogen-bond donors (Lipinski definition) is 2. The minimum absolute atomic E-state index is 0.0881. The van der Waals surface area contributed by atoms with Crippen molar-refractivity contribution in [2.75, 3.05) is 18.5 Å². The second-order valence-electron chi connectivity index (χ2n) is 8.94. The third-order valence-electron chi connectivity index (χ3n) is 6.51. The van der Waals surface area contributed by atoms with E-state index in [1.165, 1.54) is 12.4 Å². The van der Waals surface area contributed by atoms with Crippen LogP contribution in [0.4, 0.5) is 10.1 Å². The molecule has 4 aromatic rings. The lowest BCUT2D eigenvalue weighted by Crippen LogP contribution is -2.19. The van der Waals surface area contributed by atoms with E-state index in [0.717, 1.165) is 18.5 Å². The SMILES string of the molecule is Cc1cc(F)c(C(=O)Nc2cccc3c2OC[C@H](CO)n2cnnc2-3)cc1-n1cnc(C2CC2)c1. The molecule has 1 amide bonds. The van der Waals surface area contributed by atoms with Crippen LogP contribution in [0.15, 0.2) is 49.2 Å². The molecule has 0 bridgehead atoms. The van der Waals surface area contributed by atoms with Gasteiger partial charge in [0.2, 0.25) is 0 Å². The molecule has 2 N–H and O–H groups in total. The van der Waals surface area contributed by atoms with Crippen LogP contribution in [0.2, 0.25) is 0 Å². The molecule has 9 nitrogen and oxygen atoms in total. The van der Waals surface area contributed by atoms with Crippen LogP contribution in [-0.2, 0) is 0 Å². The molecule has 1 fully saturated rings. The van der Waals surface area contributed by atoms with E-state index >= 15 is 0 Å². The molecule has 2 aromatic carbocycles. The van der Waals surface area contributed by atoms with E-state index in [1.807, 2.05) is 10.8 Å². The molecule has 1 saturated carbocycles. The Hall–Kier alpha value is -4.05. The van der Waals surface area contributed by atoms with Crippen molar-refractivity contribution >= 4 is 11.6 Å². The van der Waals surface area contributed by atoms with Crippen molar-refractivity contribution in [1.29, 1.82) is 0 Å². The highest BCUT2D eigenvalue weighted by Crippen LogP contribution is 2.40. The molecule has 0 radical (unpaired) electrons. The highest BCUT2D eigenvalue weighted by Gasteiger charge is 2.28. The fourth-order valence-electron chi connectivity index (χ4n) is 4.43. The van der Waals surface area contributed by atoms with Crippen LogP contribution >= 0.6 is 0 Å². The highest BCUT2D eigenvalue weighted by molar-refractivity contribution is 6.06. The van der Waals surface area contributed by atoms with E-state index in [1.54, 1.807) is 42.1 Å². The van der Waals surface area contributed by atoms with Crippen LogP contribution in [0, 0.1) is 12.7 Å². The van der Waals surface area contributed by atoms with Gasteiger partial charge >= 0.3 is 0 Å². The molecule has 0 unspecified atom stereocenters. The van der Waals surface area contributed by atoms with Gasteiger partial charge in [-0.1, -0.05) is 6.07 Å². The van der Waals surface area contributed by atoms with Gasteiger partial charge in [-0.25, -0.2) is 9.37 Å². The Kier molecular flexibility index (Phi) is 5.10. The number of rotatable bonds is 5. The van der Waals surface area contributed by atoms with E-state index in [-0.39, 0.29) is 24.8 Å². The fourth-order valence-corrected chi connectivity index (χ4v) is 4.43. The lowest BCUT2D eigenvalue weighted by Gasteiger charge is -2.16. The molecule has 2 aromatic heterocycles. The number of aliphatic hydroxyl groups excluding tert-OH is 1. The summed E-state index contributed by atoms with van der Waals surface area (Å²) in [5.41, 5.74) is 3.31. The number of aryl methyl sites for hydroxylation is 1. The summed E-state index contributed by atoms with van der Waals surface area (Å²) in [5.74, 6) is 0.178. The van der Waals surface area contributed by atoms with E-state index in [0.29, 0.717) is 40.0 Å². The van der Waals surface area contributed by atoms with Crippen molar-refractivity contribution in [3.8, 4) is 22.8 Å². The first-order valence-corrected chi connectivity index (χ1v) is 11.5. The predicted octanol–water partition coefficient (Wildman–Crippen LogP) is 3.63. The van der Waals surface area contributed by atoms with Crippen molar-refractivity contribution in [3.63, 3.8) is 0 Å². The molecular weight excluding hydrogens is 451 g/mol. The number of carbonyl (C=O) groups excluding carboxylic acids is 1. The number of fused-ring (bicyclic) bond motifs is 3. The number of para-hydroxylation sites is 1. The molecule has 0 spiro atoms. The third-order valence-corrected chi connectivity index (χ3v) is 6.51. The van der Waals surface area contributed by atoms with Gasteiger partial charge in [-0.05, 0) is 49.6 Å². The lowest BCUT2D eigenvalue weighted by molar-refractivity contribution is 0.102. The van der Waals surface area contributed by atoms with Gasteiger partial charge < -0.3 is 24.3 Å². The summed E-state index contributed by atoms with van der Waals surface area (Å²) in [5, 5.41) is 20.7. The Bertz CT molecular complexity index is 1440. The summed E-state index contributed by atoms with van der Waals surface area (Å²) in [7, 11) is 0. The number of imidazole rings is 1. The fraction of sp³-hybridized carbons (Fsp3) is 0.280. The molecular formula is C25H23FN6O3. The normalized spacial score (nSPS) is 16.7. The lowest BCUT2D eigenvalue weighted by atomic mass is 10.1. The largest absolute Gasteiger partial charge is 0.488 e. The number of halogens is 1. The number of aliphatic hydroxyl groups is 1. The van der Waals surface area contributed by atoms with E-state index in [4.69, 9.17) is 4.74 Å². The molecule has 1 atom stereocenters. The van der Waals surface area contributed by atoms with Gasteiger partial charge in [-0.2, -0.15) is 0 Å². The molecule has 10 heteroatoms. The summed E-state index contributed by atoms with van der Waals surface area (Å²) < 4.78 is 24.5. The van der Waals surface area contributed by atoms with Crippen molar-refractivity contribution in [2.24, 2.45) is 0 Å². The van der Waals surface area contributed by atoms with Crippen LogP contribution in [0.5, 0.6) is 5.75 Å². The van der Waals surface area contributed by atoms with Crippen LogP contribution in [0.1, 0.15) is 46.4 Å². The van der Waals surface area contributed by atoms with Crippen molar-refractivity contribution in [1.82, 2.24) is 24.3 Å². The van der Waals surface area contributed by atoms with Crippen LogP contribution in [-0.4, -0.2) is 48.5 Å². The Morgan fingerprint density at radius 2 is 2.14 bits per heavy atom. The first-order valence-electron chi connectivity index (χ1n) is 11.5. The molecule has 1 aliphatic heterocycles. The average molecular weight is 474 g/mol. The minimum Gasteiger partial charge on any atom is -0.488 e. The number of nitrogens with zero attached hydrogens (tertiary/aromatic N) is 5. The summed E-state index contributed by atoms with van der Waals surface area (Å²) in [6.45, 7) is 1.80. The standard InChI is InChI=1S/C25H23FN6O3/c1-14-7-19(26)18(8-22(14)31-9-21(27-12-31)15-5-6-15)25(34)29-20-4-2-3-17-23(20)35-11-16(10-33)32-13-28-30-24(17)32/h2-4,7-9,12-13,15-16,33H,5-6,10-11H2,1H3,(H,29,34)/t16-/m0/s1. The summed E-state index contributed by atoms with van der Waals surface area (Å²) in [4.78, 5) is 17.7. The van der Waals surface area contributed by atoms with E-state index in [2.05, 4.69) is 20.5 Å². The highest BCUT2D eigenvalue weighted by atomic mass is 19.1. The number of hydrogen-bond acceptors (Lipinski definition) is 6. The van der Waals surface area contributed by atoms with Gasteiger partial charge in [-0.15, -0.1) is 10.2 Å². The number of carbonyl (C=O) groups is 1. The molecule has 2 aliphatic rings. The molecule has 35 heavy (non-hydrogen) atoms. The van der Waals surface area contributed by atoms with Crippen LogP contribution in [0.25, 0.3) is 17.1 Å². The second kappa shape index (κ2) is 8.31. The first-order chi connectivity index (χ1) is 17.0. The van der Waals surface area contributed by atoms with Gasteiger partial charge in [0.1, 0.15) is 18.8 Å². The number of ether oxygens (including phenoxy) is 1. The maximum absolute atomic E-state index is 14.9. The van der Waals surface area contributed by atoms with Gasteiger partial charge in [0.05, 0.1) is 47.2 Å². The second-order valence-corrected chi connectivity index (χ2v) is 8.94. The maximum atomic E-state index is 14.9. The summed E-state index contributed by atoms with van der Waals surface area (Å²) >= 11 is 0.